The van der Waals surface area contributed by atoms with E-state index in [1.165, 1.54) is 30.3 Å². The van der Waals surface area contributed by atoms with Gasteiger partial charge in [-0.25, -0.2) is 0 Å². The summed E-state index contributed by atoms with van der Waals surface area (Å²) in [4.78, 5) is 40.9. The molecule has 1 heterocycles. The minimum Gasteiger partial charge on any atom is -0.468 e. The molecule has 0 saturated heterocycles. The van der Waals surface area contributed by atoms with Gasteiger partial charge in [-0.05, 0) is 42.0 Å². The van der Waals surface area contributed by atoms with Crippen LogP contribution in [-0.4, -0.2) is 42.0 Å². The van der Waals surface area contributed by atoms with E-state index >= 15 is 0 Å². The fourth-order valence-electron chi connectivity index (χ4n) is 3.56. The number of amides is 1. The predicted octanol–water partition coefficient (Wildman–Crippen LogP) is 5.12. The SMILES string of the molecule is COC(=O)CN(C(=O)[C@](CCc1ccccc1)(CSC(C)=O)OCc1cccs1)c1ccccc1. The summed E-state index contributed by atoms with van der Waals surface area (Å²) < 4.78 is 11.3. The number of ether oxygens (including phenoxy) is 2. The van der Waals surface area contributed by atoms with E-state index in [4.69, 9.17) is 9.47 Å². The zero-order valence-corrected chi connectivity index (χ0v) is 21.5. The van der Waals surface area contributed by atoms with Gasteiger partial charge < -0.3 is 9.47 Å². The quantitative estimate of drug-likeness (QED) is 0.314. The lowest BCUT2D eigenvalue weighted by atomic mass is 9.94. The van der Waals surface area contributed by atoms with Crippen molar-refractivity contribution in [2.24, 2.45) is 0 Å². The van der Waals surface area contributed by atoms with Gasteiger partial charge in [0.15, 0.2) is 10.7 Å². The normalized spacial score (nSPS) is 12.5. The second-order valence-corrected chi connectivity index (χ2v) is 10.1. The highest BCUT2D eigenvalue weighted by Gasteiger charge is 2.44. The number of carbonyl (C=O) groups is 3. The first-order valence-corrected chi connectivity index (χ1v) is 13.1. The highest BCUT2D eigenvalue weighted by Crippen LogP contribution is 2.31. The van der Waals surface area contributed by atoms with Crippen molar-refractivity contribution in [1.29, 1.82) is 0 Å². The molecule has 3 rings (SSSR count). The third-order valence-corrected chi connectivity index (χ3v) is 7.32. The number of carbonyl (C=O) groups excluding carboxylic acids is 3. The fraction of sp³-hybridized carbons (Fsp3) is 0.296. The summed E-state index contributed by atoms with van der Waals surface area (Å²) in [6.07, 6.45) is 0.905. The number of hydrogen-bond acceptors (Lipinski definition) is 7. The molecular formula is C27H29NO5S2. The van der Waals surface area contributed by atoms with Gasteiger partial charge in [0.1, 0.15) is 6.54 Å². The van der Waals surface area contributed by atoms with Gasteiger partial charge in [0, 0.05) is 23.2 Å². The van der Waals surface area contributed by atoms with Gasteiger partial charge in [-0.1, -0.05) is 66.4 Å². The Morgan fingerprint density at radius 1 is 0.971 bits per heavy atom. The summed E-state index contributed by atoms with van der Waals surface area (Å²) in [6, 6.07) is 22.7. The molecule has 0 aliphatic rings. The van der Waals surface area contributed by atoms with Crippen molar-refractivity contribution in [1.82, 2.24) is 0 Å². The molecule has 184 valence electrons. The molecule has 1 aromatic heterocycles. The minimum atomic E-state index is -1.35. The first kappa shape index (κ1) is 26.7. The highest BCUT2D eigenvalue weighted by molar-refractivity contribution is 8.13. The molecule has 0 radical (unpaired) electrons. The second kappa shape index (κ2) is 13.2. The number of esters is 1. The van der Waals surface area contributed by atoms with E-state index in [0.29, 0.717) is 18.5 Å². The molecule has 35 heavy (non-hydrogen) atoms. The van der Waals surface area contributed by atoms with Crippen LogP contribution in [0.15, 0.2) is 78.2 Å². The van der Waals surface area contributed by atoms with Crippen LogP contribution in [0.3, 0.4) is 0 Å². The first-order valence-electron chi connectivity index (χ1n) is 11.2. The molecule has 1 atom stereocenters. The number of para-hydroxylation sites is 1. The van der Waals surface area contributed by atoms with Crippen molar-refractivity contribution < 1.29 is 23.9 Å². The van der Waals surface area contributed by atoms with Crippen molar-refractivity contribution in [2.45, 2.75) is 32.0 Å². The second-order valence-electron chi connectivity index (χ2n) is 7.93. The number of methoxy groups -OCH3 is 1. The average Bonchev–Trinajstić information content (AvgIpc) is 3.41. The molecule has 0 aliphatic carbocycles. The molecule has 8 heteroatoms. The number of anilines is 1. The van der Waals surface area contributed by atoms with Crippen molar-refractivity contribution in [3.8, 4) is 0 Å². The van der Waals surface area contributed by atoms with Gasteiger partial charge in [0.05, 0.1) is 13.7 Å². The summed E-state index contributed by atoms with van der Waals surface area (Å²) in [7, 11) is 1.29. The Morgan fingerprint density at radius 2 is 1.66 bits per heavy atom. The molecule has 0 N–H and O–H groups in total. The van der Waals surface area contributed by atoms with Crippen molar-refractivity contribution >= 4 is 45.8 Å². The van der Waals surface area contributed by atoms with Crippen LogP contribution in [0.1, 0.15) is 23.8 Å². The van der Waals surface area contributed by atoms with E-state index < -0.39 is 11.6 Å². The van der Waals surface area contributed by atoms with Gasteiger partial charge >= 0.3 is 5.97 Å². The Labute approximate surface area is 214 Å². The molecule has 0 aliphatic heterocycles. The number of thioether (sulfide) groups is 1. The molecule has 0 fully saturated rings. The Balaban J connectivity index is 2.01. The third kappa shape index (κ3) is 7.78. The van der Waals surface area contributed by atoms with E-state index in [0.717, 1.165) is 22.2 Å². The molecular weight excluding hydrogens is 482 g/mol. The van der Waals surface area contributed by atoms with E-state index in [1.54, 1.807) is 24.3 Å². The lowest BCUT2D eigenvalue weighted by molar-refractivity contribution is -0.147. The maximum absolute atomic E-state index is 14.3. The van der Waals surface area contributed by atoms with Crippen molar-refractivity contribution in [2.75, 3.05) is 24.3 Å². The van der Waals surface area contributed by atoms with Crippen LogP contribution in [-0.2, 0) is 36.9 Å². The lowest BCUT2D eigenvalue weighted by Crippen LogP contribution is -2.54. The Kier molecular flexibility index (Phi) is 10.1. The van der Waals surface area contributed by atoms with E-state index in [-0.39, 0.29) is 29.9 Å². The van der Waals surface area contributed by atoms with Gasteiger partial charge in [-0.15, -0.1) is 11.3 Å². The zero-order valence-electron chi connectivity index (χ0n) is 19.8. The summed E-state index contributed by atoms with van der Waals surface area (Å²) in [5.41, 5.74) is 0.260. The smallest absolute Gasteiger partial charge is 0.325 e. The van der Waals surface area contributed by atoms with Crippen LogP contribution >= 0.6 is 23.1 Å². The molecule has 0 spiro atoms. The number of hydrogen-bond donors (Lipinski definition) is 0. The molecule has 0 bridgehead atoms. The minimum absolute atomic E-state index is 0.110. The van der Waals surface area contributed by atoms with Crippen molar-refractivity contribution in [3.05, 3.63) is 88.6 Å². The molecule has 0 unspecified atom stereocenters. The van der Waals surface area contributed by atoms with Crippen LogP contribution in [0, 0.1) is 0 Å². The van der Waals surface area contributed by atoms with Crippen LogP contribution in [0.25, 0.3) is 0 Å². The standard InChI is InChI=1S/C27H29NO5S2/c1-21(29)35-20-27(33-19-24-14-9-17-34-24,16-15-22-10-5-3-6-11-22)26(31)28(18-25(30)32-2)23-12-7-4-8-13-23/h3-14,17H,15-16,18-20H2,1-2H3/t27-/m0/s1. The van der Waals surface area contributed by atoms with Gasteiger partial charge in [0.2, 0.25) is 0 Å². The third-order valence-electron chi connectivity index (χ3n) is 5.46. The zero-order chi connectivity index (χ0) is 25.1. The summed E-state index contributed by atoms with van der Waals surface area (Å²) in [5, 5.41) is 1.84. The monoisotopic (exact) mass is 511 g/mol. The van der Waals surface area contributed by atoms with Gasteiger partial charge in [0.25, 0.3) is 5.91 Å². The maximum Gasteiger partial charge on any atom is 0.325 e. The lowest BCUT2D eigenvalue weighted by Gasteiger charge is -2.36. The fourth-order valence-corrected chi connectivity index (χ4v) is 4.96. The number of thiophene rings is 1. The number of rotatable bonds is 12. The van der Waals surface area contributed by atoms with Crippen LogP contribution in [0.4, 0.5) is 5.69 Å². The summed E-state index contributed by atoms with van der Waals surface area (Å²) in [5.74, 6) is -0.795. The Morgan fingerprint density at radius 3 is 2.26 bits per heavy atom. The van der Waals surface area contributed by atoms with E-state index in [2.05, 4.69) is 0 Å². The average molecular weight is 512 g/mol. The molecule has 6 nitrogen and oxygen atoms in total. The van der Waals surface area contributed by atoms with Crippen LogP contribution in [0.5, 0.6) is 0 Å². The molecule has 3 aromatic rings. The number of nitrogens with zero attached hydrogens (tertiary/aromatic N) is 1. The maximum atomic E-state index is 14.3. The Bertz CT molecular complexity index is 1090. The topological polar surface area (TPSA) is 72.9 Å². The largest absolute Gasteiger partial charge is 0.468 e. The van der Waals surface area contributed by atoms with E-state index in [1.807, 2.05) is 53.9 Å². The van der Waals surface area contributed by atoms with Gasteiger partial charge in [-0.3, -0.25) is 19.3 Å². The number of benzene rings is 2. The number of aryl methyl sites for hydroxylation is 1. The predicted molar refractivity (Wildman–Crippen MR) is 141 cm³/mol. The summed E-state index contributed by atoms with van der Waals surface area (Å²) >= 11 is 2.59. The van der Waals surface area contributed by atoms with Gasteiger partial charge in [-0.2, -0.15) is 0 Å². The highest BCUT2D eigenvalue weighted by atomic mass is 32.2. The molecule has 2 aromatic carbocycles. The first-order chi connectivity index (χ1) is 16.9. The summed E-state index contributed by atoms with van der Waals surface area (Å²) in [6.45, 7) is 1.43. The van der Waals surface area contributed by atoms with Crippen molar-refractivity contribution in [3.63, 3.8) is 0 Å². The Hall–Kier alpha value is -2.94. The van der Waals surface area contributed by atoms with E-state index in [9.17, 15) is 14.4 Å². The molecule has 0 saturated carbocycles. The van der Waals surface area contributed by atoms with Crippen LogP contribution in [0.2, 0.25) is 0 Å². The molecule has 1 amide bonds. The van der Waals surface area contributed by atoms with Crippen LogP contribution < -0.4 is 4.90 Å².